The molecule has 2 rings (SSSR count). The number of methoxy groups -OCH3 is 1. The van der Waals surface area contributed by atoms with Crippen molar-refractivity contribution in [1.29, 1.82) is 0 Å². The van der Waals surface area contributed by atoms with Crippen LogP contribution in [0, 0.1) is 0 Å². The van der Waals surface area contributed by atoms with Crippen LogP contribution < -0.4 is 15.4 Å². The molecule has 5 nitrogen and oxygen atoms in total. The summed E-state index contributed by atoms with van der Waals surface area (Å²) in [6.07, 6.45) is 0. The van der Waals surface area contributed by atoms with E-state index in [1.165, 1.54) is 0 Å². The van der Waals surface area contributed by atoms with Gasteiger partial charge in [0, 0.05) is 26.2 Å². The maximum absolute atomic E-state index is 12.0. The van der Waals surface area contributed by atoms with Gasteiger partial charge in [-0.1, -0.05) is 12.1 Å². The molecule has 2 N–H and O–H groups in total. The van der Waals surface area contributed by atoms with E-state index in [4.69, 9.17) is 4.74 Å². The summed E-state index contributed by atoms with van der Waals surface area (Å²) in [5.74, 6) is 0.906. The first kappa shape index (κ1) is 14.8. The number of rotatable bonds is 5. The molecule has 20 heavy (non-hydrogen) atoms. The quantitative estimate of drug-likeness (QED) is 0.835. The van der Waals surface area contributed by atoms with E-state index in [1.807, 2.05) is 31.2 Å². The number of carbonyl (C=O) groups excluding carboxylic acids is 1. The first-order valence-corrected chi connectivity index (χ1v) is 7.05. The molecular weight excluding hydrogens is 254 g/mol. The number of carbonyl (C=O) groups is 1. The molecule has 1 saturated heterocycles. The van der Waals surface area contributed by atoms with Crippen molar-refractivity contribution in [2.75, 3.05) is 39.8 Å². The SMILES string of the molecule is COc1ccc([C@@H](C)NC(=O)CN2CCNCC2)cc1. The Labute approximate surface area is 120 Å². The number of benzene rings is 1. The molecule has 0 aromatic heterocycles. The number of hydrogen-bond donors (Lipinski definition) is 2. The van der Waals surface area contributed by atoms with Crippen LogP contribution in [0.2, 0.25) is 0 Å². The van der Waals surface area contributed by atoms with E-state index in [0.717, 1.165) is 37.5 Å². The van der Waals surface area contributed by atoms with Gasteiger partial charge >= 0.3 is 0 Å². The highest BCUT2D eigenvalue weighted by molar-refractivity contribution is 5.78. The van der Waals surface area contributed by atoms with Crippen LogP contribution >= 0.6 is 0 Å². The summed E-state index contributed by atoms with van der Waals surface area (Å²) < 4.78 is 5.13. The van der Waals surface area contributed by atoms with Gasteiger partial charge in [0.2, 0.25) is 5.91 Å². The minimum atomic E-state index is 0.0105. The van der Waals surface area contributed by atoms with Gasteiger partial charge in [-0.2, -0.15) is 0 Å². The van der Waals surface area contributed by atoms with Gasteiger partial charge in [-0.05, 0) is 24.6 Å². The average molecular weight is 277 g/mol. The summed E-state index contributed by atoms with van der Waals surface area (Å²) in [5.41, 5.74) is 1.08. The lowest BCUT2D eigenvalue weighted by molar-refractivity contribution is -0.123. The highest BCUT2D eigenvalue weighted by atomic mass is 16.5. The Morgan fingerprint density at radius 2 is 2.00 bits per heavy atom. The number of ether oxygens (including phenoxy) is 1. The average Bonchev–Trinajstić information content (AvgIpc) is 2.48. The molecule has 1 heterocycles. The summed E-state index contributed by atoms with van der Waals surface area (Å²) in [7, 11) is 1.65. The van der Waals surface area contributed by atoms with E-state index >= 15 is 0 Å². The van der Waals surface area contributed by atoms with Gasteiger partial charge in [0.25, 0.3) is 0 Å². The summed E-state index contributed by atoms with van der Waals surface area (Å²) in [5, 5.41) is 6.32. The minimum absolute atomic E-state index is 0.0105. The fourth-order valence-electron chi connectivity index (χ4n) is 2.34. The van der Waals surface area contributed by atoms with E-state index in [9.17, 15) is 4.79 Å². The topological polar surface area (TPSA) is 53.6 Å². The van der Waals surface area contributed by atoms with Crippen LogP contribution in [0.1, 0.15) is 18.5 Å². The molecule has 1 fully saturated rings. The van der Waals surface area contributed by atoms with Crippen molar-refractivity contribution in [2.45, 2.75) is 13.0 Å². The number of nitrogens with one attached hydrogen (secondary N) is 2. The normalized spacial score (nSPS) is 17.5. The maximum Gasteiger partial charge on any atom is 0.234 e. The van der Waals surface area contributed by atoms with Gasteiger partial charge in [-0.3, -0.25) is 9.69 Å². The highest BCUT2D eigenvalue weighted by Crippen LogP contribution is 2.17. The fourth-order valence-corrected chi connectivity index (χ4v) is 2.34. The van der Waals surface area contributed by atoms with Crippen LogP contribution in [0.5, 0.6) is 5.75 Å². The number of hydrogen-bond acceptors (Lipinski definition) is 4. The number of amides is 1. The van der Waals surface area contributed by atoms with Crippen LogP contribution in [0.15, 0.2) is 24.3 Å². The van der Waals surface area contributed by atoms with Crippen LogP contribution in [0.25, 0.3) is 0 Å². The number of nitrogens with zero attached hydrogens (tertiary/aromatic N) is 1. The van der Waals surface area contributed by atoms with E-state index in [-0.39, 0.29) is 11.9 Å². The standard InChI is InChI=1S/C15H23N3O2/c1-12(13-3-5-14(20-2)6-4-13)17-15(19)11-18-9-7-16-8-10-18/h3-6,12,16H,7-11H2,1-2H3,(H,17,19)/t12-/m1/s1. The van der Waals surface area contributed by atoms with Gasteiger partial charge in [-0.15, -0.1) is 0 Å². The second-order valence-corrected chi connectivity index (χ2v) is 5.09. The molecule has 1 atom stereocenters. The summed E-state index contributed by atoms with van der Waals surface area (Å²) >= 11 is 0. The smallest absolute Gasteiger partial charge is 0.234 e. The van der Waals surface area contributed by atoms with Crippen molar-refractivity contribution >= 4 is 5.91 Å². The Bertz CT molecular complexity index is 427. The molecule has 0 bridgehead atoms. The van der Waals surface area contributed by atoms with Crippen molar-refractivity contribution in [3.05, 3.63) is 29.8 Å². The van der Waals surface area contributed by atoms with Crippen LogP contribution in [-0.2, 0) is 4.79 Å². The molecule has 1 amide bonds. The molecule has 0 unspecified atom stereocenters. The van der Waals surface area contributed by atoms with Crippen LogP contribution in [0.3, 0.4) is 0 Å². The third-order valence-electron chi connectivity index (χ3n) is 3.57. The van der Waals surface area contributed by atoms with Gasteiger partial charge in [0.1, 0.15) is 5.75 Å². The molecule has 5 heteroatoms. The van der Waals surface area contributed by atoms with Gasteiger partial charge in [-0.25, -0.2) is 0 Å². The molecule has 0 saturated carbocycles. The molecule has 110 valence electrons. The summed E-state index contributed by atoms with van der Waals surface area (Å²) in [6.45, 7) is 6.26. The predicted molar refractivity (Wildman–Crippen MR) is 78.9 cm³/mol. The van der Waals surface area contributed by atoms with Gasteiger partial charge in [0.05, 0.1) is 19.7 Å². The Balaban J connectivity index is 1.82. The zero-order valence-electron chi connectivity index (χ0n) is 12.2. The first-order chi connectivity index (χ1) is 9.69. The Morgan fingerprint density at radius 3 is 2.60 bits per heavy atom. The molecule has 1 aromatic carbocycles. The Hall–Kier alpha value is -1.59. The molecule has 0 spiro atoms. The third kappa shape index (κ3) is 4.21. The van der Waals surface area contributed by atoms with Crippen molar-refractivity contribution in [3.8, 4) is 5.75 Å². The lowest BCUT2D eigenvalue weighted by Crippen LogP contribution is -2.47. The number of piperazine rings is 1. The molecule has 0 aliphatic carbocycles. The monoisotopic (exact) mass is 277 g/mol. The van der Waals surface area contributed by atoms with Crippen molar-refractivity contribution < 1.29 is 9.53 Å². The summed E-state index contributed by atoms with van der Waals surface area (Å²) in [6, 6.07) is 7.79. The lowest BCUT2D eigenvalue weighted by Gasteiger charge is -2.27. The van der Waals surface area contributed by atoms with Crippen molar-refractivity contribution in [1.82, 2.24) is 15.5 Å². The van der Waals surface area contributed by atoms with Gasteiger partial charge in [0.15, 0.2) is 0 Å². The zero-order valence-corrected chi connectivity index (χ0v) is 12.2. The fraction of sp³-hybridized carbons (Fsp3) is 0.533. The molecule has 1 aliphatic rings. The maximum atomic E-state index is 12.0. The molecule has 1 aromatic rings. The first-order valence-electron chi connectivity index (χ1n) is 7.05. The van der Waals surface area contributed by atoms with Crippen LogP contribution in [-0.4, -0.2) is 50.6 Å². The minimum Gasteiger partial charge on any atom is -0.497 e. The second-order valence-electron chi connectivity index (χ2n) is 5.09. The van der Waals surface area contributed by atoms with Crippen LogP contribution in [0.4, 0.5) is 0 Å². The van der Waals surface area contributed by atoms with E-state index in [2.05, 4.69) is 15.5 Å². The Morgan fingerprint density at radius 1 is 1.35 bits per heavy atom. The van der Waals surface area contributed by atoms with E-state index in [1.54, 1.807) is 7.11 Å². The highest BCUT2D eigenvalue weighted by Gasteiger charge is 2.15. The van der Waals surface area contributed by atoms with E-state index < -0.39 is 0 Å². The molecular formula is C15H23N3O2. The second kappa shape index (κ2) is 7.26. The Kier molecular flexibility index (Phi) is 5.38. The van der Waals surface area contributed by atoms with E-state index in [0.29, 0.717) is 6.54 Å². The summed E-state index contributed by atoms with van der Waals surface area (Å²) in [4.78, 5) is 14.2. The van der Waals surface area contributed by atoms with Gasteiger partial charge < -0.3 is 15.4 Å². The zero-order chi connectivity index (χ0) is 14.4. The molecule has 1 aliphatic heterocycles. The van der Waals surface area contributed by atoms with Crippen molar-refractivity contribution in [3.63, 3.8) is 0 Å². The van der Waals surface area contributed by atoms with Crippen molar-refractivity contribution in [2.24, 2.45) is 0 Å². The predicted octanol–water partition coefficient (Wildman–Crippen LogP) is 0.778. The largest absolute Gasteiger partial charge is 0.497 e. The molecule has 0 radical (unpaired) electrons. The lowest BCUT2D eigenvalue weighted by atomic mass is 10.1. The third-order valence-corrected chi connectivity index (χ3v) is 3.57.